The third kappa shape index (κ3) is 6.17. The van der Waals surface area contributed by atoms with Gasteiger partial charge in [0.1, 0.15) is 5.75 Å². The zero-order valence-electron chi connectivity index (χ0n) is 13.7. The van der Waals surface area contributed by atoms with Crippen LogP contribution in [-0.2, 0) is 4.79 Å². The summed E-state index contributed by atoms with van der Waals surface area (Å²) < 4.78 is 5.84. The van der Waals surface area contributed by atoms with Crippen LogP contribution in [0.2, 0.25) is 0 Å². The molecule has 1 unspecified atom stereocenters. The lowest BCUT2D eigenvalue weighted by Gasteiger charge is -2.18. The van der Waals surface area contributed by atoms with Gasteiger partial charge in [-0.25, -0.2) is 0 Å². The predicted molar refractivity (Wildman–Crippen MR) is 86.7 cm³/mol. The van der Waals surface area contributed by atoms with Crippen molar-refractivity contribution in [1.29, 1.82) is 0 Å². The van der Waals surface area contributed by atoms with E-state index in [1.807, 2.05) is 19.9 Å². The summed E-state index contributed by atoms with van der Waals surface area (Å²) in [5.41, 5.74) is 2.31. The van der Waals surface area contributed by atoms with Gasteiger partial charge < -0.3 is 15.4 Å². The fourth-order valence-corrected chi connectivity index (χ4v) is 2.13. The molecule has 1 aromatic carbocycles. The van der Waals surface area contributed by atoms with E-state index >= 15 is 0 Å². The molecule has 118 valence electrons. The Kier molecular flexibility index (Phi) is 7.83. The van der Waals surface area contributed by atoms with Crippen LogP contribution in [0.5, 0.6) is 5.75 Å². The van der Waals surface area contributed by atoms with E-state index in [1.165, 1.54) is 0 Å². The topological polar surface area (TPSA) is 50.4 Å². The van der Waals surface area contributed by atoms with Gasteiger partial charge in [0, 0.05) is 18.2 Å². The van der Waals surface area contributed by atoms with Gasteiger partial charge >= 0.3 is 0 Å². The molecule has 21 heavy (non-hydrogen) atoms. The maximum atomic E-state index is 11.5. The third-order valence-corrected chi connectivity index (χ3v) is 3.30. The highest BCUT2D eigenvalue weighted by atomic mass is 16.5. The normalized spacial score (nSPS) is 12.0. The van der Waals surface area contributed by atoms with Crippen LogP contribution in [0, 0.1) is 6.92 Å². The van der Waals surface area contributed by atoms with Crippen molar-refractivity contribution in [2.45, 2.75) is 46.6 Å². The fraction of sp³-hybridized carbons (Fsp3) is 0.588. The minimum absolute atomic E-state index is 0.0314. The molecule has 0 aliphatic heterocycles. The maximum Gasteiger partial charge on any atom is 0.223 e. The number of hydrogen-bond donors (Lipinski definition) is 2. The van der Waals surface area contributed by atoms with Gasteiger partial charge in [0.15, 0.2) is 0 Å². The van der Waals surface area contributed by atoms with E-state index in [-0.39, 0.29) is 11.9 Å². The Hall–Kier alpha value is -1.55. The molecule has 1 aromatic rings. The van der Waals surface area contributed by atoms with Crippen molar-refractivity contribution in [2.24, 2.45) is 0 Å². The predicted octanol–water partition coefficient (Wildman–Crippen LogP) is 2.96. The number of amides is 1. The summed E-state index contributed by atoms with van der Waals surface area (Å²) in [6.07, 6.45) is 1.49. The average Bonchev–Trinajstić information content (AvgIpc) is 2.45. The number of carbonyl (C=O) groups is 1. The molecular formula is C17H28N2O2. The lowest BCUT2D eigenvalue weighted by atomic mass is 10.0. The second-order valence-corrected chi connectivity index (χ2v) is 5.27. The van der Waals surface area contributed by atoms with Gasteiger partial charge in [-0.15, -0.1) is 0 Å². The van der Waals surface area contributed by atoms with Gasteiger partial charge in [0.2, 0.25) is 5.91 Å². The Morgan fingerprint density at radius 3 is 2.76 bits per heavy atom. The van der Waals surface area contributed by atoms with Gasteiger partial charge in [0.25, 0.3) is 0 Å². The molecule has 4 heteroatoms. The fourth-order valence-electron chi connectivity index (χ4n) is 2.13. The molecule has 0 heterocycles. The molecule has 0 aromatic heterocycles. The number of rotatable bonds is 9. The number of ether oxygens (including phenoxy) is 1. The Morgan fingerprint density at radius 1 is 1.33 bits per heavy atom. The highest BCUT2D eigenvalue weighted by Gasteiger charge is 2.12. The van der Waals surface area contributed by atoms with Crippen LogP contribution in [-0.4, -0.2) is 25.6 Å². The van der Waals surface area contributed by atoms with Crippen LogP contribution in [0.15, 0.2) is 18.2 Å². The SMILES string of the molecule is CCCNC(C)c1ccc(C)cc1OCCC(=O)NCC. The highest BCUT2D eigenvalue weighted by Crippen LogP contribution is 2.26. The molecule has 0 saturated carbocycles. The minimum atomic E-state index is 0.0314. The molecule has 0 fully saturated rings. The highest BCUT2D eigenvalue weighted by molar-refractivity contribution is 5.75. The first-order valence-corrected chi connectivity index (χ1v) is 7.81. The van der Waals surface area contributed by atoms with Crippen molar-refractivity contribution in [2.75, 3.05) is 19.7 Å². The van der Waals surface area contributed by atoms with E-state index in [0.717, 1.165) is 29.8 Å². The standard InChI is InChI=1S/C17H28N2O2/c1-5-10-19-14(4)15-8-7-13(3)12-16(15)21-11-9-17(20)18-6-2/h7-8,12,14,19H,5-6,9-11H2,1-4H3,(H,18,20). The van der Waals surface area contributed by atoms with Crippen LogP contribution >= 0.6 is 0 Å². The number of nitrogens with one attached hydrogen (secondary N) is 2. The minimum Gasteiger partial charge on any atom is -0.493 e. The number of aryl methyl sites for hydroxylation is 1. The third-order valence-electron chi connectivity index (χ3n) is 3.30. The van der Waals surface area contributed by atoms with E-state index < -0.39 is 0 Å². The Morgan fingerprint density at radius 2 is 2.10 bits per heavy atom. The van der Waals surface area contributed by atoms with Gasteiger partial charge in [-0.2, -0.15) is 0 Å². The molecule has 1 amide bonds. The summed E-state index contributed by atoms with van der Waals surface area (Å²) in [6.45, 7) is 10.3. The second kappa shape index (κ2) is 9.40. The number of benzene rings is 1. The lowest BCUT2D eigenvalue weighted by molar-refractivity contribution is -0.121. The first-order valence-electron chi connectivity index (χ1n) is 7.81. The van der Waals surface area contributed by atoms with Crippen molar-refractivity contribution in [3.63, 3.8) is 0 Å². The van der Waals surface area contributed by atoms with Gasteiger partial charge in [0.05, 0.1) is 13.0 Å². The molecule has 1 atom stereocenters. The van der Waals surface area contributed by atoms with Crippen LogP contribution in [0.3, 0.4) is 0 Å². The van der Waals surface area contributed by atoms with Crippen molar-refractivity contribution in [1.82, 2.24) is 10.6 Å². The average molecular weight is 292 g/mol. The van der Waals surface area contributed by atoms with Gasteiger partial charge in [-0.1, -0.05) is 19.1 Å². The number of hydrogen-bond acceptors (Lipinski definition) is 3. The van der Waals surface area contributed by atoms with Crippen LogP contribution in [0.1, 0.15) is 50.8 Å². The first-order chi connectivity index (χ1) is 10.1. The summed E-state index contributed by atoms with van der Waals surface area (Å²) in [5.74, 6) is 0.902. The maximum absolute atomic E-state index is 11.5. The monoisotopic (exact) mass is 292 g/mol. The summed E-state index contributed by atoms with van der Waals surface area (Å²) in [6, 6.07) is 6.47. The van der Waals surface area contributed by atoms with Crippen LogP contribution in [0.25, 0.3) is 0 Å². The summed E-state index contributed by atoms with van der Waals surface area (Å²) >= 11 is 0. The lowest BCUT2D eigenvalue weighted by Crippen LogP contribution is -2.24. The van der Waals surface area contributed by atoms with E-state index in [2.05, 4.69) is 36.6 Å². The van der Waals surface area contributed by atoms with Crippen LogP contribution in [0.4, 0.5) is 0 Å². The molecule has 2 N–H and O–H groups in total. The van der Waals surface area contributed by atoms with Crippen molar-refractivity contribution >= 4 is 5.91 Å². The Bertz CT molecular complexity index is 446. The second-order valence-electron chi connectivity index (χ2n) is 5.27. The quantitative estimate of drug-likeness (QED) is 0.735. The van der Waals surface area contributed by atoms with Crippen molar-refractivity contribution in [3.05, 3.63) is 29.3 Å². The molecule has 0 bridgehead atoms. The largest absolute Gasteiger partial charge is 0.493 e. The van der Waals surface area contributed by atoms with E-state index in [4.69, 9.17) is 4.74 Å². The molecule has 0 radical (unpaired) electrons. The molecule has 0 saturated heterocycles. The molecular weight excluding hydrogens is 264 g/mol. The van der Waals surface area contributed by atoms with Crippen molar-refractivity contribution in [3.8, 4) is 5.75 Å². The first kappa shape index (κ1) is 17.5. The van der Waals surface area contributed by atoms with Gasteiger partial charge in [-0.3, -0.25) is 4.79 Å². The van der Waals surface area contributed by atoms with E-state index in [0.29, 0.717) is 19.6 Å². The Labute approximate surface area is 128 Å². The molecule has 0 spiro atoms. The van der Waals surface area contributed by atoms with E-state index in [1.54, 1.807) is 0 Å². The smallest absolute Gasteiger partial charge is 0.223 e. The zero-order valence-corrected chi connectivity index (χ0v) is 13.7. The molecule has 1 rings (SSSR count). The number of carbonyl (C=O) groups excluding carboxylic acids is 1. The summed E-state index contributed by atoms with van der Waals surface area (Å²) in [5, 5.41) is 6.25. The molecule has 0 aliphatic carbocycles. The summed E-state index contributed by atoms with van der Waals surface area (Å²) in [4.78, 5) is 11.5. The van der Waals surface area contributed by atoms with Gasteiger partial charge in [-0.05, 0) is 45.4 Å². The molecule has 4 nitrogen and oxygen atoms in total. The van der Waals surface area contributed by atoms with Crippen molar-refractivity contribution < 1.29 is 9.53 Å². The molecule has 0 aliphatic rings. The zero-order chi connectivity index (χ0) is 15.7. The van der Waals surface area contributed by atoms with Crippen LogP contribution < -0.4 is 15.4 Å². The van der Waals surface area contributed by atoms with E-state index in [9.17, 15) is 4.79 Å². The summed E-state index contributed by atoms with van der Waals surface area (Å²) in [7, 11) is 0. The Balaban J connectivity index is 2.66.